The van der Waals surface area contributed by atoms with Gasteiger partial charge in [0.25, 0.3) is 0 Å². The van der Waals surface area contributed by atoms with Crippen LogP contribution in [0.25, 0.3) is 111 Å². The predicted molar refractivity (Wildman–Crippen MR) is 281 cm³/mol. The summed E-state index contributed by atoms with van der Waals surface area (Å²) < 4.78 is 0.986. The van der Waals surface area contributed by atoms with Gasteiger partial charge < -0.3 is 10.6 Å². The molecule has 2 heterocycles. The number of fused-ring (bicyclic) bond motifs is 7. The normalized spacial score (nSPS) is 15.3. The lowest BCUT2D eigenvalue weighted by molar-refractivity contribution is 0.979. The van der Waals surface area contributed by atoms with Crippen LogP contribution in [0.1, 0.15) is 18.1 Å². The number of hydrogen-bond acceptors (Lipinski definition) is 2. The van der Waals surface area contributed by atoms with Crippen LogP contribution in [0.15, 0.2) is 194 Å². The molecule has 2 aliphatic heterocycles. The maximum absolute atomic E-state index is 3.94. The molecule has 0 saturated heterocycles. The first-order valence-corrected chi connectivity index (χ1v) is 23.4. The van der Waals surface area contributed by atoms with Crippen molar-refractivity contribution in [3.8, 4) is 55.6 Å². The molecule has 0 fully saturated rings. The first kappa shape index (κ1) is 37.8. The van der Waals surface area contributed by atoms with Gasteiger partial charge >= 0.3 is 0 Å². The number of rotatable bonds is 6. The summed E-state index contributed by atoms with van der Waals surface area (Å²) in [6.45, 7) is 2.22. The minimum Gasteiger partial charge on any atom is -0.377 e. The van der Waals surface area contributed by atoms with E-state index >= 15 is 0 Å². The van der Waals surface area contributed by atoms with Crippen LogP contribution in [0.5, 0.6) is 0 Å². The molecule has 12 rings (SSSR count). The molecule has 2 aliphatic rings. The van der Waals surface area contributed by atoms with Gasteiger partial charge in [0.05, 0.1) is 17.4 Å². The molecule has 63 heavy (non-hydrogen) atoms. The molecule has 10 aromatic carbocycles. The van der Waals surface area contributed by atoms with Crippen LogP contribution in [0.3, 0.4) is 0 Å². The number of alkyl halides is 1. The lowest BCUT2D eigenvalue weighted by Crippen LogP contribution is -2.26. The fraction of sp³-hybridized carbons (Fsp3) is 0.0667. The molecule has 2 N–H and O–H groups in total. The van der Waals surface area contributed by atoms with Crippen LogP contribution in [0.2, 0.25) is 0 Å². The quantitative estimate of drug-likeness (QED) is 0.0987. The fourth-order valence-electron chi connectivity index (χ4n) is 10.2. The molecule has 0 radical (unpaired) electrons. The molecule has 0 amide bonds. The zero-order valence-corrected chi connectivity index (χ0v) is 37.0. The number of nitrogens with one attached hydrogen (secondary N) is 2. The zero-order valence-electron chi connectivity index (χ0n) is 34.9. The van der Waals surface area contributed by atoms with E-state index in [9.17, 15) is 0 Å². The molecule has 2 nitrogen and oxygen atoms in total. The molecule has 0 aromatic heterocycles. The third-order valence-corrected chi connectivity index (χ3v) is 14.1. The summed E-state index contributed by atoms with van der Waals surface area (Å²) in [6.07, 6.45) is 9.31. The molecule has 0 bridgehead atoms. The standard InChI is InChI=1S/C60H43IN2/c1-37-22-29-52-57(40-14-3-2-4-15-40)58(53-31-28-48(36-61)63-60(53)59(52)62-37)45-19-11-18-43(34-45)44-27-30-51-54(35-44)56(47-26-24-39-13-6-8-17-42(39)33-47)50-21-10-9-20-49(50)55(51)46-25-23-38-12-5-7-16-41(38)32-46/h2-35,37,48,62-63H,36H2,1H3. The van der Waals surface area contributed by atoms with Crippen molar-refractivity contribution >= 4 is 89.2 Å². The number of halogens is 1. The SMILES string of the molecule is CC1C=Cc2c(c3c(c(-c4cccc(-c5ccc6c(-c7ccc8ccccc8c7)c7ccccc7c(-c7ccc8ccccc8c7)c6c5)c4)c2-c2ccccc2)C=CC(CI)N3)N1. The average Bonchev–Trinajstić information content (AvgIpc) is 3.34. The summed E-state index contributed by atoms with van der Waals surface area (Å²) in [4.78, 5) is 0. The van der Waals surface area contributed by atoms with Crippen molar-refractivity contribution in [3.63, 3.8) is 0 Å². The van der Waals surface area contributed by atoms with E-state index in [2.05, 4.69) is 246 Å². The number of hydrogen-bond donors (Lipinski definition) is 2. The Labute approximate surface area is 381 Å². The van der Waals surface area contributed by atoms with Gasteiger partial charge in [-0.05, 0) is 130 Å². The Balaban J connectivity index is 1.12. The molecular formula is C60H43IN2. The average molecular weight is 919 g/mol. The van der Waals surface area contributed by atoms with E-state index in [1.54, 1.807) is 0 Å². The van der Waals surface area contributed by atoms with E-state index in [4.69, 9.17) is 0 Å². The molecule has 10 aromatic rings. The molecular weight excluding hydrogens is 876 g/mol. The first-order chi connectivity index (χ1) is 31.1. The van der Waals surface area contributed by atoms with E-state index in [0.29, 0.717) is 0 Å². The third-order valence-electron chi connectivity index (χ3n) is 13.1. The van der Waals surface area contributed by atoms with Crippen molar-refractivity contribution in [1.82, 2.24) is 0 Å². The van der Waals surface area contributed by atoms with E-state index < -0.39 is 0 Å². The largest absolute Gasteiger partial charge is 0.377 e. The second-order valence-electron chi connectivity index (χ2n) is 17.0. The second-order valence-corrected chi connectivity index (χ2v) is 17.9. The molecule has 300 valence electrons. The molecule has 0 spiro atoms. The minimum atomic E-state index is 0.233. The van der Waals surface area contributed by atoms with Crippen LogP contribution in [-0.4, -0.2) is 16.5 Å². The van der Waals surface area contributed by atoms with Crippen molar-refractivity contribution in [2.45, 2.75) is 19.0 Å². The minimum absolute atomic E-state index is 0.233. The topological polar surface area (TPSA) is 24.1 Å². The Hall–Kier alpha value is -6.95. The van der Waals surface area contributed by atoms with Crippen LogP contribution >= 0.6 is 22.6 Å². The van der Waals surface area contributed by atoms with Gasteiger partial charge in [-0.3, -0.25) is 0 Å². The predicted octanol–water partition coefficient (Wildman–Crippen LogP) is 16.7. The molecule has 3 heteroatoms. The highest BCUT2D eigenvalue weighted by Crippen LogP contribution is 2.51. The van der Waals surface area contributed by atoms with E-state index in [-0.39, 0.29) is 12.1 Å². The Bertz CT molecular complexity index is 3530. The lowest BCUT2D eigenvalue weighted by atomic mass is 9.81. The summed E-state index contributed by atoms with van der Waals surface area (Å²) in [5.74, 6) is 0. The van der Waals surface area contributed by atoms with Crippen LogP contribution in [-0.2, 0) is 0 Å². The fourth-order valence-corrected chi connectivity index (χ4v) is 10.7. The lowest BCUT2D eigenvalue weighted by Gasteiger charge is -2.33. The monoisotopic (exact) mass is 918 g/mol. The third kappa shape index (κ3) is 6.44. The summed E-state index contributed by atoms with van der Waals surface area (Å²) in [5.41, 5.74) is 17.1. The van der Waals surface area contributed by atoms with Gasteiger partial charge in [-0.25, -0.2) is 0 Å². The zero-order chi connectivity index (χ0) is 42.0. The van der Waals surface area contributed by atoms with Gasteiger partial charge in [0.1, 0.15) is 0 Å². The van der Waals surface area contributed by atoms with Gasteiger partial charge in [-0.2, -0.15) is 0 Å². The second kappa shape index (κ2) is 15.4. The molecule has 2 atom stereocenters. The van der Waals surface area contributed by atoms with Gasteiger partial charge in [0.15, 0.2) is 0 Å². The Morgan fingerprint density at radius 1 is 0.381 bits per heavy atom. The van der Waals surface area contributed by atoms with Crippen molar-refractivity contribution in [2.75, 3.05) is 15.1 Å². The molecule has 2 unspecified atom stereocenters. The van der Waals surface area contributed by atoms with Gasteiger partial charge in [0.2, 0.25) is 0 Å². The van der Waals surface area contributed by atoms with Crippen LogP contribution in [0.4, 0.5) is 11.4 Å². The number of anilines is 2. The summed E-state index contributed by atoms with van der Waals surface area (Å²) in [6, 6.07) is 68.1. The van der Waals surface area contributed by atoms with E-state index in [1.807, 2.05) is 0 Å². The van der Waals surface area contributed by atoms with Crippen molar-refractivity contribution in [2.24, 2.45) is 0 Å². The van der Waals surface area contributed by atoms with Crippen molar-refractivity contribution in [1.29, 1.82) is 0 Å². The van der Waals surface area contributed by atoms with E-state index in [1.165, 1.54) is 121 Å². The van der Waals surface area contributed by atoms with Crippen LogP contribution < -0.4 is 10.6 Å². The van der Waals surface area contributed by atoms with Gasteiger partial charge in [0, 0.05) is 21.6 Å². The van der Waals surface area contributed by atoms with Crippen molar-refractivity contribution < 1.29 is 0 Å². The van der Waals surface area contributed by atoms with Gasteiger partial charge in [-0.15, -0.1) is 0 Å². The molecule has 0 saturated carbocycles. The highest BCUT2D eigenvalue weighted by Gasteiger charge is 2.29. The summed E-state index contributed by atoms with van der Waals surface area (Å²) in [7, 11) is 0. The molecule has 0 aliphatic carbocycles. The Kier molecular flexibility index (Phi) is 9.26. The summed E-state index contributed by atoms with van der Waals surface area (Å²) in [5, 5.41) is 17.8. The highest BCUT2D eigenvalue weighted by atomic mass is 127. The Morgan fingerprint density at radius 2 is 0.873 bits per heavy atom. The highest BCUT2D eigenvalue weighted by molar-refractivity contribution is 14.1. The first-order valence-electron chi connectivity index (χ1n) is 21.9. The van der Waals surface area contributed by atoms with Crippen molar-refractivity contribution in [3.05, 3.63) is 205 Å². The maximum Gasteiger partial charge on any atom is 0.0667 e. The Morgan fingerprint density at radius 3 is 1.56 bits per heavy atom. The smallest absolute Gasteiger partial charge is 0.0667 e. The van der Waals surface area contributed by atoms with Gasteiger partial charge in [-0.1, -0.05) is 205 Å². The summed E-state index contributed by atoms with van der Waals surface area (Å²) >= 11 is 2.49. The maximum atomic E-state index is 3.94. The van der Waals surface area contributed by atoms with E-state index in [0.717, 1.165) is 4.43 Å². The van der Waals surface area contributed by atoms with Crippen LogP contribution in [0, 0.1) is 0 Å². The number of benzene rings is 10.